The number of hydrogen-bond acceptors (Lipinski definition) is 4. The molecule has 1 heterocycles. The van der Waals surface area contributed by atoms with Gasteiger partial charge in [0.15, 0.2) is 5.69 Å². The molecular weight excluding hydrogens is 373 g/mol. The zero-order chi connectivity index (χ0) is 20.7. The molecule has 8 heteroatoms. The molecule has 0 aliphatic heterocycles. The van der Waals surface area contributed by atoms with Crippen molar-refractivity contribution in [1.29, 1.82) is 0 Å². The Morgan fingerprint density at radius 1 is 1.32 bits per heavy atom. The molecule has 1 N–H and O–H groups in total. The molecule has 152 valence electrons. The number of nitrogens with zero attached hydrogens (tertiary/aromatic N) is 2. The Morgan fingerprint density at radius 2 is 1.96 bits per heavy atom. The minimum atomic E-state index is -4.60. The van der Waals surface area contributed by atoms with Crippen molar-refractivity contribution in [3.63, 3.8) is 0 Å². The number of ether oxygens (including phenoxy) is 1. The second kappa shape index (κ2) is 7.24. The molecule has 2 aromatic rings. The fourth-order valence-electron chi connectivity index (χ4n) is 3.86. The number of aliphatic hydroxyl groups excluding tert-OH is 1. The van der Waals surface area contributed by atoms with E-state index in [9.17, 15) is 23.1 Å². The average Bonchev–Trinajstić information content (AvgIpc) is 2.94. The van der Waals surface area contributed by atoms with Crippen LogP contribution in [-0.2, 0) is 29.5 Å². The highest BCUT2D eigenvalue weighted by Gasteiger charge is 2.41. The molecule has 1 aromatic carbocycles. The second-order valence-corrected chi connectivity index (χ2v) is 7.47. The number of benzene rings is 1. The minimum absolute atomic E-state index is 0.0279. The molecule has 0 bridgehead atoms. The lowest BCUT2D eigenvalue weighted by Gasteiger charge is -2.38. The number of alkyl halides is 3. The molecule has 1 aliphatic carbocycles. The first-order chi connectivity index (χ1) is 13.1. The number of imidazole rings is 1. The van der Waals surface area contributed by atoms with Gasteiger partial charge in [0.05, 0.1) is 19.3 Å². The van der Waals surface area contributed by atoms with Crippen molar-refractivity contribution in [3.05, 3.63) is 52.1 Å². The fraction of sp³-hybridized carbons (Fsp3) is 0.500. The van der Waals surface area contributed by atoms with E-state index in [0.29, 0.717) is 11.5 Å². The molecule has 1 fully saturated rings. The number of methoxy groups -OCH3 is 1. The van der Waals surface area contributed by atoms with Crippen LogP contribution in [0, 0.1) is 6.92 Å². The third-order valence-corrected chi connectivity index (χ3v) is 5.62. The third-order valence-electron chi connectivity index (χ3n) is 5.62. The van der Waals surface area contributed by atoms with Gasteiger partial charge in [-0.15, -0.1) is 0 Å². The smallest absolute Gasteiger partial charge is 0.417 e. The maximum absolute atomic E-state index is 13.7. The van der Waals surface area contributed by atoms with Gasteiger partial charge in [0.1, 0.15) is 5.82 Å². The van der Waals surface area contributed by atoms with Gasteiger partial charge in [-0.3, -0.25) is 0 Å². The number of esters is 1. The van der Waals surface area contributed by atoms with Gasteiger partial charge in [0, 0.05) is 17.7 Å². The van der Waals surface area contributed by atoms with E-state index in [0.717, 1.165) is 19.3 Å². The van der Waals surface area contributed by atoms with E-state index in [2.05, 4.69) is 4.98 Å². The molecule has 0 atom stereocenters. The van der Waals surface area contributed by atoms with Gasteiger partial charge >= 0.3 is 12.1 Å². The Hall–Kier alpha value is -2.35. The number of halogens is 3. The van der Waals surface area contributed by atoms with Gasteiger partial charge < -0.3 is 14.4 Å². The van der Waals surface area contributed by atoms with Crippen molar-refractivity contribution >= 4 is 5.97 Å². The maximum atomic E-state index is 13.7. The molecule has 28 heavy (non-hydrogen) atoms. The zero-order valence-electron chi connectivity index (χ0n) is 16.1. The first-order valence-corrected chi connectivity index (χ1v) is 9.07. The van der Waals surface area contributed by atoms with E-state index in [1.807, 2.05) is 6.92 Å². The molecule has 0 spiro atoms. The van der Waals surface area contributed by atoms with Crippen molar-refractivity contribution in [3.8, 4) is 0 Å². The minimum Gasteiger partial charge on any atom is -0.464 e. The number of carbonyl (C=O) groups excluding carboxylic acids is 1. The summed E-state index contributed by atoms with van der Waals surface area (Å²) in [7, 11) is 1.25. The highest BCUT2D eigenvalue weighted by Crippen LogP contribution is 2.44. The summed E-state index contributed by atoms with van der Waals surface area (Å²) in [6.07, 6.45) is -1.89. The summed E-state index contributed by atoms with van der Waals surface area (Å²) in [5.41, 5.74) is -0.679. The molecule has 0 unspecified atom stereocenters. The highest BCUT2D eigenvalue weighted by molar-refractivity contribution is 5.88. The fourth-order valence-corrected chi connectivity index (χ4v) is 3.86. The first kappa shape index (κ1) is 20.4. The van der Waals surface area contributed by atoms with Gasteiger partial charge in [-0.2, -0.15) is 13.2 Å². The summed E-state index contributed by atoms with van der Waals surface area (Å²) in [6.45, 7) is 2.87. The summed E-state index contributed by atoms with van der Waals surface area (Å²) in [6, 6.07) is 4.15. The van der Waals surface area contributed by atoms with Crippen LogP contribution in [-0.4, -0.2) is 27.7 Å². The van der Waals surface area contributed by atoms with Crippen LogP contribution in [0.2, 0.25) is 0 Å². The Kier molecular flexibility index (Phi) is 5.27. The van der Waals surface area contributed by atoms with Crippen molar-refractivity contribution in [2.75, 3.05) is 7.11 Å². The van der Waals surface area contributed by atoms with Crippen LogP contribution < -0.4 is 0 Å². The van der Waals surface area contributed by atoms with Gasteiger partial charge in [0.2, 0.25) is 0 Å². The summed E-state index contributed by atoms with van der Waals surface area (Å²) >= 11 is 0. The van der Waals surface area contributed by atoms with Crippen LogP contribution in [0.1, 0.15) is 64.9 Å². The predicted molar refractivity (Wildman–Crippen MR) is 96.0 cm³/mol. The van der Waals surface area contributed by atoms with Gasteiger partial charge in [-0.05, 0) is 30.9 Å². The van der Waals surface area contributed by atoms with Gasteiger partial charge in [-0.1, -0.05) is 31.5 Å². The molecule has 0 radical (unpaired) electrons. The molecule has 1 aliphatic rings. The van der Waals surface area contributed by atoms with Crippen LogP contribution in [0.25, 0.3) is 0 Å². The van der Waals surface area contributed by atoms with Crippen LogP contribution in [0.15, 0.2) is 18.2 Å². The lowest BCUT2D eigenvalue weighted by atomic mass is 9.70. The summed E-state index contributed by atoms with van der Waals surface area (Å²) in [5.74, 6) is -0.0141. The van der Waals surface area contributed by atoms with Crippen molar-refractivity contribution in [1.82, 2.24) is 9.55 Å². The van der Waals surface area contributed by atoms with Crippen LogP contribution in [0.3, 0.4) is 0 Å². The van der Waals surface area contributed by atoms with E-state index >= 15 is 0 Å². The second-order valence-electron chi connectivity index (χ2n) is 7.47. The van der Waals surface area contributed by atoms with Gasteiger partial charge in [-0.25, -0.2) is 9.78 Å². The Balaban J connectivity index is 2.15. The summed E-state index contributed by atoms with van der Waals surface area (Å²) in [4.78, 5) is 16.6. The molecule has 1 aromatic heterocycles. The van der Waals surface area contributed by atoms with Crippen molar-refractivity contribution in [2.24, 2.45) is 0 Å². The lowest BCUT2D eigenvalue weighted by molar-refractivity contribution is -0.139. The Bertz CT molecular complexity index is 899. The van der Waals surface area contributed by atoms with E-state index in [4.69, 9.17) is 4.74 Å². The monoisotopic (exact) mass is 396 g/mol. The topological polar surface area (TPSA) is 64.3 Å². The molecule has 1 saturated carbocycles. The maximum Gasteiger partial charge on any atom is 0.417 e. The lowest BCUT2D eigenvalue weighted by Crippen LogP contribution is -2.34. The quantitative estimate of drug-likeness (QED) is 0.777. The van der Waals surface area contributed by atoms with E-state index < -0.39 is 24.3 Å². The number of aliphatic hydroxyl groups is 1. The van der Waals surface area contributed by atoms with E-state index in [-0.39, 0.29) is 28.8 Å². The molecule has 0 saturated heterocycles. The predicted octanol–water partition coefficient (Wildman–Crippen LogP) is 3.98. The summed E-state index contributed by atoms with van der Waals surface area (Å²) < 4.78 is 47.5. The van der Waals surface area contributed by atoms with Crippen LogP contribution in [0.4, 0.5) is 13.2 Å². The molecule has 3 rings (SSSR count). The Labute approximate surface area is 161 Å². The third kappa shape index (κ3) is 3.41. The SMILES string of the molecule is COC(=O)c1nc(C2(C)CCC2)n(Cc2cccc(CO)c2C(F)(F)F)c1C. The number of aromatic nitrogens is 2. The van der Waals surface area contributed by atoms with Crippen LogP contribution in [0.5, 0.6) is 0 Å². The van der Waals surface area contributed by atoms with Crippen molar-refractivity contribution < 1.29 is 27.8 Å². The first-order valence-electron chi connectivity index (χ1n) is 9.07. The average molecular weight is 396 g/mol. The van der Waals surface area contributed by atoms with E-state index in [1.54, 1.807) is 11.5 Å². The normalized spacial score (nSPS) is 16.0. The van der Waals surface area contributed by atoms with Crippen LogP contribution >= 0.6 is 0 Å². The zero-order valence-corrected chi connectivity index (χ0v) is 16.1. The van der Waals surface area contributed by atoms with Gasteiger partial charge in [0.25, 0.3) is 0 Å². The largest absolute Gasteiger partial charge is 0.464 e. The van der Waals surface area contributed by atoms with E-state index in [1.165, 1.54) is 25.3 Å². The number of hydrogen-bond donors (Lipinski definition) is 1. The molecule has 0 amide bonds. The van der Waals surface area contributed by atoms with Crippen molar-refractivity contribution in [2.45, 2.75) is 57.9 Å². The Morgan fingerprint density at radius 3 is 2.46 bits per heavy atom. The standard InChI is InChI=1S/C20H23F3N2O3/c1-12-16(17(27)28-3)24-18(19(2)8-5-9-19)25(12)10-13-6-4-7-14(11-26)15(13)20(21,22)23/h4,6-7,26H,5,8-11H2,1-3H3. The molecule has 5 nitrogen and oxygen atoms in total. The highest BCUT2D eigenvalue weighted by atomic mass is 19.4. The number of carbonyl (C=O) groups is 1. The molecular formula is C20H23F3N2O3. The summed E-state index contributed by atoms with van der Waals surface area (Å²) in [5, 5.41) is 9.39. The number of rotatable bonds is 5.